The van der Waals surface area contributed by atoms with E-state index in [-0.39, 0.29) is 33.7 Å². The minimum absolute atomic E-state index is 0. The van der Waals surface area contributed by atoms with Crippen molar-refractivity contribution in [1.82, 2.24) is 14.9 Å². The van der Waals surface area contributed by atoms with Crippen LogP contribution in [0, 0.1) is 10.1 Å². The normalized spacial score (nSPS) is 14.8. The van der Waals surface area contributed by atoms with Gasteiger partial charge in [0.2, 0.25) is 5.95 Å². The maximum atomic E-state index is 11.4. The summed E-state index contributed by atoms with van der Waals surface area (Å²) in [6.07, 6.45) is 0. The number of piperazine rings is 1. The molecule has 1 aliphatic heterocycles. The van der Waals surface area contributed by atoms with E-state index in [0.29, 0.717) is 12.1 Å². The Labute approximate surface area is 149 Å². The number of fused-ring (bicyclic) bond motifs is 1. The molecule has 10 heteroatoms. The molecular formula is C13H16Cl3N5O2. The van der Waals surface area contributed by atoms with Crippen molar-refractivity contribution in [2.24, 2.45) is 0 Å². The number of aryl methyl sites for hydroxylation is 1. The summed E-state index contributed by atoms with van der Waals surface area (Å²) in [6.45, 7) is 5.94. The number of nitrogens with zero attached hydrogens (tertiary/aromatic N) is 4. The van der Waals surface area contributed by atoms with E-state index in [4.69, 9.17) is 23.2 Å². The molecule has 3 rings (SSSR count). The molecule has 0 saturated carbocycles. The van der Waals surface area contributed by atoms with Gasteiger partial charge in [-0.1, -0.05) is 23.2 Å². The molecule has 0 bridgehead atoms. The Kier molecular flexibility index (Phi) is 5.57. The van der Waals surface area contributed by atoms with Crippen LogP contribution in [0.3, 0.4) is 0 Å². The van der Waals surface area contributed by atoms with Gasteiger partial charge < -0.3 is 14.8 Å². The zero-order valence-electron chi connectivity index (χ0n) is 12.4. The summed E-state index contributed by atoms with van der Waals surface area (Å²) in [5.41, 5.74) is 0.694. The molecule has 23 heavy (non-hydrogen) atoms. The maximum Gasteiger partial charge on any atom is 0.317 e. The van der Waals surface area contributed by atoms with E-state index < -0.39 is 4.92 Å². The summed E-state index contributed by atoms with van der Waals surface area (Å²) < 4.78 is 1.94. The molecule has 126 valence electrons. The first-order chi connectivity index (χ1) is 10.5. The van der Waals surface area contributed by atoms with Gasteiger partial charge in [-0.2, -0.15) is 0 Å². The Hall–Kier alpha value is -1.28. The molecular weight excluding hydrogens is 365 g/mol. The molecule has 1 aromatic carbocycles. The van der Waals surface area contributed by atoms with E-state index in [1.807, 2.05) is 11.5 Å². The zero-order valence-corrected chi connectivity index (χ0v) is 14.7. The highest BCUT2D eigenvalue weighted by Crippen LogP contribution is 2.40. The lowest BCUT2D eigenvalue weighted by atomic mass is 10.2. The van der Waals surface area contributed by atoms with Gasteiger partial charge in [0.1, 0.15) is 5.02 Å². The van der Waals surface area contributed by atoms with Crippen LogP contribution in [0.2, 0.25) is 10.0 Å². The fraction of sp³-hybridized carbons (Fsp3) is 0.462. The maximum absolute atomic E-state index is 11.4. The molecule has 1 aromatic heterocycles. The average molecular weight is 381 g/mol. The number of nitrogens with one attached hydrogen (secondary N) is 1. The van der Waals surface area contributed by atoms with E-state index in [1.165, 1.54) is 0 Å². The highest BCUT2D eigenvalue weighted by molar-refractivity contribution is 6.44. The van der Waals surface area contributed by atoms with Crippen LogP contribution in [0.15, 0.2) is 6.07 Å². The first-order valence-electron chi connectivity index (χ1n) is 7.03. The standard InChI is InChI=1S/C13H15Cl2N5O2.ClH/c1-2-19-9-7-8(14)10(15)12(20(21)22)11(9)17-13(19)18-5-3-16-4-6-18;/h7,16H,2-6H2,1H3;1H. The lowest BCUT2D eigenvalue weighted by Crippen LogP contribution is -2.44. The van der Waals surface area contributed by atoms with Crippen LogP contribution in [0.25, 0.3) is 11.0 Å². The number of hydrogen-bond donors (Lipinski definition) is 1. The van der Waals surface area contributed by atoms with Crippen LogP contribution in [0.4, 0.5) is 11.6 Å². The smallest absolute Gasteiger partial charge is 0.317 e. The summed E-state index contributed by atoms with van der Waals surface area (Å²) >= 11 is 12.1. The highest BCUT2D eigenvalue weighted by Gasteiger charge is 2.27. The second kappa shape index (κ2) is 7.09. The first-order valence-corrected chi connectivity index (χ1v) is 7.78. The molecule has 0 aliphatic carbocycles. The Morgan fingerprint density at radius 3 is 2.61 bits per heavy atom. The van der Waals surface area contributed by atoms with Crippen LogP contribution < -0.4 is 10.2 Å². The number of halogens is 3. The SMILES string of the molecule is CCn1c(N2CCNCC2)nc2c([N+](=O)[O-])c(Cl)c(Cl)cc21.Cl. The Morgan fingerprint density at radius 1 is 1.39 bits per heavy atom. The van der Waals surface area contributed by atoms with Crippen LogP contribution in [-0.2, 0) is 6.54 Å². The molecule has 0 atom stereocenters. The molecule has 1 saturated heterocycles. The van der Waals surface area contributed by atoms with E-state index in [0.717, 1.165) is 32.1 Å². The van der Waals surface area contributed by atoms with Crippen molar-refractivity contribution in [3.05, 3.63) is 26.2 Å². The molecule has 0 amide bonds. The predicted molar refractivity (Wildman–Crippen MR) is 94.4 cm³/mol. The van der Waals surface area contributed by atoms with Crippen molar-refractivity contribution >= 4 is 58.3 Å². The average Bonchev–Trinajstić information content (AvgIpc) is 2.86. The first kappa shape index (κ1) is 18.1. The fourth-order valence-corrected chi connectivity index (χ4v) is 3.16. The molecule has 2 heterocycles. The van der Waals surface area contributed by atoms with Gasteiger partial charge in [0.25, 0.3) is 0 Å². The number of hydrogen-bond acceptors (Lipinski definition) is 5. The molecule has 1 N–H and O–H groups in total. The number of aromatic nitrogens is 2. The summed E-state index contributed by atoms with van der Waals surface area (Å²) in [7, 11) is 0. The molecule has 1 aliphatic rings. The highest BCUT2D eigenvalue weighted by atomic mass is 35.5. The second-order valence-corrected chi connectivity index (χ2v) is 5.82. The van der Waals surface area contributed by atoms with Crippen LogP contribution >= 0.6 is 35.6 Å². The number of nitro groups is 1. The lowest BCUT2D eigenvalue weighted by molar-refractivity contribution is -0.383. The molecule has 7 nitrogen and oxygen atoms in total. The van der Waals surface area contributed by atoms with Gasteiger partial charge in [0.05, 0.1) is 15.5 Å². The monoisotopic (exact) mass is 379 g/mol. The molecule has 0 radical (unpaired) electrons. The Morgan fingerprint density at radius 2 is 2.04 bits per heavy atom. The minimum Gasteiger partial charge on any atom is -0.340 e. The van der Waals surface area contributed by atoms with E-state index in [1.54, 1.807) is 6.07 Å². The number of imidazole rings is 1. The van der Waals surface area contributed by atoms with Crippen molar-refractivity contribution in [2.45, 2.75) is 13.5 Å². The van der Waals surface area contributed by atoms with Gasteiger partial charge in [-0.3, -0.25) is 10.1 Å². The van der Waals surface area contributed by atoms with E-state index in [2.05, 4.69) is 15.2 Å². The lowest BCUT2D eigenvalue weighted by Gasteiger charge is -2.28. The Bertz CT molecular complexity index is 743. The molecule has 0 spiro atoms. The third-order valence-corrected chi connectivity index (χ3v) is 4.57. The van der Waals surface area contributed by atoms with Gasteiger partial charge >= 0.3 is 5.69 Å². The third-order valence-electron chi connectivity index (χ3n) is 3.79. The second-order valence-electron chi connectivity index (χ2n) is 5.04. The van der Waals surface area contributed by atoms with E-state index in [9.17, 15) is 10.1 Å². The van der Waals surface area contributed by atoms with Gasteiger partial charge in [-0.05, 0) is 13.0 Å². The van der Waals surface area contributed by atoms with Crippen LogP contribution in [0.5, 0.6) is 0 Å². The largest absolute Gasteiger partial charge is 0.340 e. The molecule has 1 fully saturated rings. The molecule has 0 unspecified atom stereocenters. The molecule has 2 aromatic rings. The van der Waals surface area contributed by atoms with Crippen LogP contribution in [0.1, 0.15) is 6.92 Å². The third kappa shape index (κ3) is 3.06. The van der Waals surface area contributed by atoms with Crippen LogP contribution in [-0.4, -0.2) is 40.7 Å². The van der Waals surface area contributed by atoms with Crippen molar-refractivity contribution in [2.75, 3.05) is 31.1 Å². The number of benzene rings is 1. The Balaban J connectivity index is 0.00000192. The fourth-order valence-electron chi connectivity index (χ4n) is 2.76. The van der Waals surface area contributed by atoms with Crippen molar-refractivity contribution in [1.29, 1.82) is 0 Å². The minimum atomic E-state index is -0.523. The number of nitro benzene ring substituents is 1. The van der Waals surface area contributed by atoms with Gasteiger partial charge in [0, 0.05) is 32.7 Å². The number of anilines is 1. The summed E-state index contributed by atoms with van der Waals surface area (Å²) in [6, 6.07) is 1.65. The number of rotatable bonds is 3. The van der Waals surface area contributed by atoms with Crippen molar-refractivity contribution in [3.8, 4) is 0 Å². The summed E-state index contributed by atoms with van der Waals surface area (Å²) in [4.78, 5) is 17.5. The quantitative estimate of drug-likeness (QED) is 0.654. The topological polar surface area (TPSA) is 76.2 Å². The van der Waals surface area contributed by atoms with Gasteiger partial charge in [-0.15, -0.1) is 12.4 Å². The van der Waals surface area contributed by atoms with E-state index >= 15 is 0 Å². The van der Waals surface area contributed by atoms with Gasteiger partial charge in [-0.25, -0.2) is 4.98 Å². The zero-order chi connectivity index (χ0) is 15.9. The summed E-state index contributed by atoms with van der Waals surface area (Å²) in [5.74, 6) is 0.723. The summed E-state index contributed by atoms with van der Waals surface area (Å²) in [5, 5.41) is 14.7. The van der Waals surface area contributed by atoms with Crippen molar-refractivity contribution in [3.63, 3.8) is 0 Å². The van der Waals surface area contributed by atoms with Gasteiger partial charge in [0.15, 0.2) is 5.52 Å². The predicted octanol–water partition coefficient (Wildman–Crippen LogP) is 3.10. The van der Waals surface area contributed by atoms with Crippen molar-refractivity contribution < 1.29 is 4.92 Å².